The Labute approximate surface area is 84.6 Å². The average Bonchev–Trinajstić information content (AvgIpc) is 2.69. The molecule has 0 bridgehead atoms. The summed E-state index contributed by atoms with van der Waals surface area (Å²) < 4.78 is 0. The van der Waals surface area contributed by atoms with Gasteiger partial charge in [-0.3, -0.25) is 4.79 Å². The van der Waals surface area contributed by atoms with Crippen LogP contribution in [0.25, 0.3) is 0 Å². The fourth-order valence-electron chi connectivity index (χ4n) is 1.69. The molecule has 0 aromatic carbocycles. The average molecular weight is 198 g/mol. The van der Waals surface area contributed by atoms with Gasteiger partial charge in [0.2, 0.25) is 5.91 Å². The topological polar surface area (TPSA) is 52.6 Å². The molecule has 14 heavy (non-hydrogen) atoms. The van der Waals surface area contributed by atoms with Gasteiger partial charge in [-0.05, 0) is 32.0 Å². The van der Waals surface area contributed by atoms with Gasteiger partial charge in [0, 0.05) is 6.54 Å². The first-order valence-corrected chi connectivity index (χ1v) is 5.02. The maximum Gasteiger partial charge on any atom is 0.243 e. The minimum Gasteiger partial charge on any atom is -0.394 e. The Morgan fingerprint density at radius 3 is 2.71 bits per heavy atom. The third-order valence-electron chi connectivity index (χ3n) is 2.43. The zero-order valence-electron chi connectivity index (χ0n) is 8.41. The van der Waals surface area contributed by atoms with Crippen LogP contribution in [-0.2, 0) is 4.79 Å². The molecule has 1 aliphatic heterocycles. The van der Waals surface area contributed by atoms with Gasteiger partial charge in [-0.15, -0.1) is 0 Å². The summed E-state index contributed by atoms with van der Waals surface area (Å²) >= 11 is 0. The molecule has 1 amide bonds. The molecule has 0 aromatic heterocycles. The summed E-state index contributed by atoms with van der Waals surface area (Å²) in [5, 5.41) is 11.7. The van der Waals surface area contributed by atoms with Gasteiger partial charge in [-0.25, -0.2) is 0 Å². The number of aliphatic hydroxyl groups excluding tert-OH is 1. The molecule has 0 aromatic rings. The van der Waals surface area contributed by atoms with Crippen molar-refractivity contribution in [3.8, 4) is 0 Å². The van der Waals surface area contributed by atoms with Gasteiger partial charge in [0.05, 0.1) is 12.6 Å². The van der Waals surface area contributed by atoms with Crippen molar-refractivity contribution in [3.63, 3.8) is 0 Å². The van der Waals surface area contributed by atoms with Gasteiger partial charge < -0.3 is 15.3 Å². The van der Waals surface area contributed by atoms with E-state index in [9.17, 15) is 4.79 Å². The van der Waals surface area contributed by atoms with Gasteiger partial charge >= 0.3 is 0 Å². The molecule has 4 nitrogen and oxygen atoms in total. The standard InChI is InChI=1S/C10H18N2O2/c1-2-10(14)11-9(8-13)7-12-5-3-4-6-12/h2,9,13H,1,3-8H2,(H,11,14). The van der Waals surface area contributed by atoms with Gasteiger partial charge in [-0.1, -0.05) is 6.58 Å². The van der Waals surface area contributed by atoms with Crippen molar-refractivity contribution < 1.29 is 9.90 Å². The van der Waals surface area contributed by atoms with Gasteiger partial charge in [0.1, 0.15) is 0 Å². The number of nitrogens with zero attached hydrogens (tertiary/aromatic N) is 1. The lowest BCUT2D eigenvalue weighted by Gasteiger charge is -2.22. The number of carbonyl (C=O) groups is 1. The Hall–Kier alpha value is -0.870. The predicted molar refractivity (Wildman–Crippen MR) is 54.9 cm³/mol. The summed E-state index contributed by atoms with van der Waals surface area (Å²) in [5.74, 6) is -0.219. The molecule has 1 saturated heterocycles. The number of hydrogen-bond donors (Lipinski definition) is 2. The highest BCUT2D eigenvalue weighted by atomic mass is 16.3. The normalized spacial score (nSPS) is 19.2. The van der Waals surface area contributed by atoms with E-state index in [0.717, 1.165) is 19.6 Å². The van der Waals surface area contributed by atoms with E-state index in [2.05, 4.69) is 16.8 Å². The van der Waals surface area contributed by atoms with Crippen LogP contribution in [0, 0.1) is 0 Å². The van der Waals surface area contributed by atoms with Crippen LogP contribution in [0.4, 0.5) is 0 Å². The summed E-state index contributed by atoms with van der Waals surface area (Å²) in [5.41, 5.74) is 0. The first kappa shape index (κ1) is 11.2. The van der Waals surface area contributed by atoms with Gasteiger partial charge in [0.25, 0.3) is 0 Å². The third-order valence-corrected chi connectivity index (χ3v) is 2.43. The van der Waals surface area contributed by atoms with Crippen LogP contribution in [0.5, 0.6) is 0 Å². The maximum atomic E-state index is 11.0. The Morgan fingerprint density at radius 2 is 2.21 bits per heavy atom. The second-order valence-corrected chi connectivity index (χ2v) is 3.60. The molecule has 0 radical (unpaired) electrons. The van der Waals surface area contributed by atoms with Crippen molar-refractivity contribution >= 4 is 5.91 Å². The first-order chi connectivity index (χ1) is 6.76. The van der Waals surface area contributed by atoms with E-state index in [1.54, 1.807) is 0 Å². The molecule has 2 N–H and O–H groups in total. The van der Waals surface area contributed by atoms with Crippen LogP contribution in [0.15, 0.2) is 12.7 Å². The number of likely N-dealkylation sites (tertiary alicyclic amines) is 1. The first-order valence-electron chi connectivity index (χ1n) is 5.02. The molecule has 0 saturated carbocycles. The Morgan fingerprint density at radius 1 is 1.57 bits per heavy atom. The van der Waals surface area contributed by atoms with Crippen molar-refractivity contribution in [2.75, 3.05) is 26.2 Å². The second-order valence-electron chi connectivity index (χ2n) is 3.60. The zero-order valence-corrected chi connectivity index (χ0v) is 8.41. The highest BCUT2D eigenvalue weighted by molar-refractivity contribution is 5.87. The van der Waals surface area contributed by atoms with Crippen LogP contribution >= 0.6 is 0 Å². The maximum absolute atomic E-state index is 11.0. The number of nitrogens with one attached hydrogen (secondary N) is 1. The van der Waals surface area contributed by atoms with E-state index in [0.29, 0.717) is 0 Å². The molecular weight excluding hydrogens is 180 g/mol. The molecule has 1 atom stereocenters. The summed E-state index contributed by atoms with van der Waals surface area (Å²) in [6.45, 7) is 6.23. The van der Waals surface area contributed by atoms with Crippen molar-refractivity contribution in [2.24, 2.45) is 0 Å². The quantitative estimate of drug-likeness (QED) is 0.599. The van der Waals surface area contributed by atoms with Crippen LogP contribution < -0.4 is 5.32 Å². The smallest absolute Gasteiger partial charge is 0.243 e. The highest BCUT2D eigenvalue weighted by Crippen LogP contribution is 2.07. The largest absolute Gasteiger partial charge is 0.394 e. The Bertz CT molecular complexity index is 200. The van der Waals surface area contributed by atoms with E-state index < -0.39 is 0 Å². The fraction of sp³-hybridized carbons (Fsp3) is 0.700. The molecule has 0 spiro atoms. The van der Waals surface area contributed by atoms with E-state index >= 15 is 0 Å². The number of aliphatic hydroxyl groups is 1. The minimum absolute atomic E-state index is 0.0178. The van der Waals surface area contributed by atoms with E-state index in [1.165, 1.54) is 18.9 Å². The van der Waals surface area contributed by atoms with E-state index in [1.807, 2.05) is 0 Å². The summed E-state index contributed by atoms with van der Waals surface area (Å²) in [6, 6.07) is -0.168. The monoisotopic (exact) mass is 198 g/mol. The zero-order chi connectivity index (χ0) is 10.4. The molecule has 1 heterocycles. The molecule has 1 aliphatic rings. The molecule has 80 valence electrons. The molecule has 1 unspecified atom stereocenters. The van der Waals surface area contributed by atoms with Crippen LogP contribution in [0.1, 0.15) is 12.8 Å². The molecule has 0 aliphatic carbocycles. The highest BCUT2D eigenvalue weighted by Gasteiger charge is 2.17. The van der Waals surface area contributed by atoms with Crippen molar-refractivity contribution in [2.45, 2.75) is 18.9 Å². The van der Waals surface area contributed by atoms with Crippen molar-refractivity contribution in [1.82, 2.24) is 10.2 Å². The van der Waals surface area contributed by atoms with Gasteiger partial charge in [0.15, 0.2) is 0 Å². The van der Waals surface area contributed by atoms with Crippen molar-refractivity contribution in [1.29, 1.82) is 0 Å². The lowest BCUT2D eigenvalue weighted by Crippen LogP contribution is -2.44. The van der Waals surface area contributed by atoms with Crippen LogP contribution in [0.3, 0.4) is 0 Å². The fourth-order valence-corrected chi connectivity index (χ4v) is 1.69. The summed E-state index contributed by atoms with van der Waals surface area (Å²) in [7, 11) is 0. The SMILES string of the molecule is C=CC(=O)NC(CO)CN1CCCC1. The molecule has 1 fully saturated rings. The van der Waals surface area contributed by atoms with E-state index in [4.69, 9.17) is 5.11 Å². The van der Waals surface area contributed by atoms with Gasteiger partial charge in [-0.2, -0.15) is 0 Å². The lowest BCUT2D eigenvalue weighted by atomic mass is 10.3. The number of amides is 1. The summed E-state index contributed by atoms with van der Waals surface area (Å²) in [6.07, 6.45) is 3.66. The number of rotatable bonds is 5. The molecule has 4 heteroatoms. The van der Waals surface area contributed by atoms with Crippen LogP contribution in [0.2, 0.25) is 0 Å². The Kier molecular flexibility index (Phi) is 4.62. The minimum atomic E-state index is -0.219. The lowest BCUT2D eigenvalue weighted by molar-refractivity contribution is -0.117. The Balaban J connectivity index is 2.29. The molecule has 1 rings (SSSR count). The van der Waals surface area contributed by atoms with Crippen molar-refractivity contribution in [3.05, 3.63) is 12.7 Å². The number of hydrogen-bond acceptors (Lipinski definition) is 3. The number of carbonyl (C=O) groups excluding carboxylic acids is 1. The predicted octanol–water partition coefficient (Wildman–Crippen LogP) is -0.255. The van der Waals surface area contributed by atoms with E-state index in [-0.39, 0.29) is 18.6 Å². The second kappa shape index (κ2) is 5.78. The van der Waals surface area contributed by atoms with Crippen LogP contribution in [-0.4, -0.2) is 48.2 Å². The summed E-state index contributed by atoms with van der Waals surface area (Å²) in [4.78, 5) is 13.3. The molecular formula is C10H18N2O2. The third kappa shape index (κ3) is 3.47.